The lowest BCUT2D eigenvalue weighted by Crippen LogP contribution is -2.32. The van der Waals surface area contributed by atoms with E-state index in [1.807, 2.05) is 12.1 Å². The van der Waals surface area contributed by atoms with E-state index in [1.54, 1.807) is 14.2 Å². The van der Waals surface area contributed by atoms with E-state index in [0.29, 0.717) is 6.61 Å². The second kappa shape index (κ2) is 7.00. The summed E-state index contributed by atoms with van der Waals surface area (Å²) in [5, 5.41) is 0. The lowest BCUT2D eigenvalue weighted by atomic mass is 9.95. The van der Waals surface area contributed by atoms with Gasteiger partial charge < -0.3 is 14.4 Å². The Morgan fingerprint density at radius 1 is 1.16 bits per heavy atom. The first-order valence-electron chi connectivity index (χ1n) is 8.69. The molecule has 2 heterocycles. The summed E-state index contributed by atoms with van der Waals surface area (Å²) < 4.78 is 10.8. The second-order valence-electron chi connectivity index (χ2n) is 7.49. The number of rotatable bonds is 4. The van der Waals surface area contributed by atoms with Crippen LogP contribution in [0.1, 0.15) is 43.4 Å². The van der Waals surface area contributed by atoms with Crippen LogP contribution >= 0.6 is 0 Å². The number of hydrogen-bond donors (Lipinski definition) is 0. The zero-order valence-corrected chi connectivity index (χ0v) is 15.8. The van der Waals surface area contributed by atoms with Crippen LogP contribution in [0.2, 0.25) is 0 Å². The number of fused-ring (bicyclic) bond motifs is 1. The highest BCUT2D eigenvalue weighted by molar-refractivity contribution is 5.49. The summed E-state index contributed by atoms with van der Waals surface area (Å²) in [7, 11) is 3.43. The maximum absolute atomic E-state index is 5.51. The lowest BCUT2D eigenvalue weighted by Gasteiger charge is -2.31. The van der Waals surface area contributed by atoms with Crippen LogP contribution in [-0.2, 0) is 29.7 Å². The maximum Gasteiger partial charge on any atom is 0.136 e. The van der Waals surface area contributed by atoms with Crippen molar-refractivity contribution in [3.63, 3.8) is 0 Å². The molecule has 0 N–H and O–H groups in total. The van der Waals surface area contributed by atoms with Crippen LogP contribution in [0, 0.1) is 0 Å². The molecule has 1 aliphatic rings. The van der Waals surface area contributed by atoms with E-state index in [4.69, 9.17) is 14.5 Å². The van der Waals surface area contributed by atoms with Crippen LogP contribution in [0.5, 0.6) is 5.75 Å². The Morgan fingerprint density at radius 2 is 1.96 bits per heavy atom. The number of hydrogen-bond acceptors (Lipinski definition) is 5. The van der Waals surface area contributed by atoms with Crippen molar-refractivity contribution in [2.45, 2.75) is 45.8 Å². The van der Waals surface area contributed by atoms with Gasteiger partial charge in [-0.15, -0.1) is 0 Å². The molecule has 0 saturated heterocycles. The first-order valence-corrected chi connectivity index (χ1v) is 8.69. The van der Waals surface area contributed by atoms with Gasteiger partial charge in [-0.3, -0.25) is 0 Å². The van der Waals surface area contributed by atoms with Gasteiger partial charge in [-0.25, -0.2) is 9.97 Å². The molecule has 0 aliphatic carbocycles. The minimum atomic E-state index is -0.102. The average molecular weight is 341 g/mol. The van der Waals surface area contributed by atoms with Crippen molar-refractivity contribution in [1.82, 2.24) is 9.97 Å². The first-order chi connectivity index (χ1) is 11.9. The Bertz CT molecular complexity index is 753. The van der Waals surface area contributed by atoms with Crippen molar-refractivity contribution in [3.05, 3.63) is 46.9 Å². The topological polar surface area (TPSA) is 47.5 Å². The predicted molar refractivity (Wildman–Crippen MR) is 99.2 cm³/mol. The fourth-order valence-electron chi connectivity index (χ4n) is 3.16. The normalized spacial score (nSPS) is 14.4. The largest absolute Gasteiger partial charge is 0.496 e. The molecule has 0 saturated carbocycles. The van der Waals surface area contributed by atoms with E-state index in [1.165, 1.54) is 11.1 Å². The van der Waals surface area contributed by atoms with E-state index < -0.39 is 0 Å². The molecule has 1 aromatic carbocycles. The summed E-state index contributed by atoms with van der Waals surface area (Å²) in [4.78, 5) is 11.8. The summed E-state index contributed by atoms with van der Waals surface area (Å²) in [6.45, 7) is 8.66. The highest BCUT2D eigenvalue weighted by Crippen LogP contribution is 2.30. The third-order valence-corrected chi connectivity index (χ3v) is 4.50. The van der Waals surface area contributed by atoms with Gasteiger partial charge in [-0.1, -0.05) is 32.9 Å². The molecule has 0 atom stereocenters. The molecule has 5 nitrogen and oxygen atoms in total. The third-order valence-electron chi connectivity index (χ3n) is 4.50. The summed E-state index contributed by atoms with van der Waals surface area (Å²) in [5.41, 5.74) is 3.43. The van der Waals surface area contributed by atoms with Crippen LogP contribution in [-0.4, -0.2) is 30.7 Å². The molecule has 0 amide bonds. The molecule has 25 heavy (non-hydrogen) atoms. The molecule has 0 bridgehead atoms. The molecular formula is C20H27N3O2. The van der Waals surface area contributed by atoms with Crippen LogP contribution in [0.4, 0.5) is 5.82 Å². The Hall–Kier alpha value is -2.14. The molecule has 0 fully saturated rings. The number of nitrogens with zero attached hydrogens (tertiary/aromatic N) is 3. The first kappa shape index (κ1) is 17.7. The van der Waals surface area contributed by atoms with Crippen molar-refractivity contribution >= 4 is 5.82 Å². The Labute approximate surface area is 150 Å². The number of aromatic nitrogens is 2. The van der Waals surface area contributed by atoms with Gasteiger partial charge in [-0.2, -0.15) is 0 Å². The van der Waals surface area contributed by atoms with Crippen molar-refractivity contribution in [2.24, 2.45) is 0 Å². The van der Waals surface area contributed by atoms with Crippen molar-refractivity contribution < 1.29 is 9.47 Å². The molecule has 0 radical (unpaired) electrons. The molecular weight excluding hydrogens is 314 g/mol. The van der Waals surface area contributed by atoms with Gasteiger partial charge >= 0.3 is 0 Å². The van der Waals surface area contributed by atoms with Crippen molar-refractivity contribution in [1.29, 1.82) is 0 Å². The second-order valence-corrected chi connectivity index (χ2v) is 7.49. The summed E-state index contributed by atoms with van der Waals surface area (Å²) in [5.74, 6) is 2.81. The standard InChI is InChI=1S/C20H27N3O2/c1-20(2,3)19-21-15(13-24-4)11-18(22-19)23-10-9-16-14(12-23)7-6-8-17(16)25-5/h6-8,11H,9-10,12-13H2,1-5H3. The summed E-state index contributed by atoms with van der Waals surface area (Å²) >= 11 is 0. The molecule has 2 aromatic rings. The Balaban J connectivity index is 1.95. The molecule has 134 valence electrons. The van der Waals surface area contributed by atoms with Gasteiger partial charge in [0.1, 0.15) is 17.4 Å². The fraction of sp³-hybridized carbons (Fsp3) is 0.500. The van der Waals surface area contributed by atoms with Gasteiger partial charge in [0.2, 0.25) is 0 Å². The average Bonchev–Trinajstić information content (AvgIpc) is 2.60. The number of benzene rings is 1. The number of ether oxygens (including phenoxy) is 2. The third kappa shape index (κ3) is 3.76. The van der Waals surface area contributed by atoms with Crippen LogP contribution in [0.25, 0.3) is 0 Å². The quantitative estimate of drug-likeness (QED) is 0.852. The lowest BCUT2D eigenvalue weighted by molar-refractivity contribution is 0.181. The Kier molecular flexibility index (Phi) is 4.95. The van der Waals surface area contributed by atoms with E-state index in [9.17, 15) is 0 Å². The van der Waals surface area contributed by atoms with Gasteiger partial charge in [0, 0.05) is 37.2 Å². The fourth-order valence-corrected chi connectivity index (χ4v) is 3.16. The SMILES string of the molecule is COCc1cc(N2CCc3c(cccc3OC)C2)nc(C(C)(C)C)n1. The highest BCUT2D eigenvalue weighted by atomic mass is 16.5. The van der Waals surface area contributed by atoms with Crippen molar-refractivity contribution in [2.75, 3.05) is 25.7 Å². The monoisotopic (exact) mass is 341 g/mol. The minimum Gasteiger partial charge on any atom is -0.496 e. The number of anilines is 1. The van der Waals surface area contributed by atoms with Crippen molar-refractivity contribution in [3.8, 4) is 5.75 Å². The zero-order valence-electron chi connectivity index (χ0n) is 15.8. The zero-order chi connectivity index (χ0) is 18.0. The van der Waals surface area contributed by atoms with Gasteiger partial charge in [0.25, 0.3) is 0 Å². The summed E-state index contributed by atoms with van der Waals surface area (Å²) in [6.07, 6.45) is 0.952. The predicted octanol–water partition coefficient (Wildman–Crippen LogP) is 3.49. The minimum absolute atomic E-state index is 0.102. The van der Waals surface area contributed by atoms with E-state index in [2.05, 4.69) is 42.8 Å². The molecule has 5 heteroatoms. The summed E-state index contributed by atoms with van der Waals surface area (Å²) in [6, 6.07) is 8.31. The van der Waals surface area contributed by atoms with Gasteiger partial charge in [0.15, 0.2) is 0 Å². The molecule has 0 unspecified atom stereocenters. The molecule has 0 spiro atoms. The molecule has 1 aromatic heterocycles. The van der Waals surface area contributed by atoms with Gasteiger partial charge in [-0.05, 0) is 18.1 Å². The Morgan fingerprint density at radius 3 is 2.64 bits per heavy atom. The van der Waals surface area contributed by atoms with E-state index in [0.717, 1.165) is 42.6 Å². The molecule has 3 rings (SSSR count). The van der Waals surface area contributed by atoms with Crippen LogP contribution in [0.3, 0.4) is 0 Å². The van der Waals surface area contributed by atoms with Crippen LogP contribution < -0.4 is 9.64 Å². The molecule has 1 aliphatic heterocycles. The van der Waals surface area contributed by atoms with Gasteiger partial charge in [0.05, 0.1) is 19.4 Å². The highest BCUT2D eigenvalue weighted by Gasteiger charge is 2.24. The van der Waals surface area contributed by atoms with E-state index >= 15 is 0 Å². The van der Waals surface area contributed by atoms with Crippen LogP contribution in [0.15, 0.2) is 24.3 Å². The van der Waals surface area contributed by atoms with E-state index in [-0.39, 0.29) is 5.41 Å². The number of methoxy groups -OCH3 is 2. The smallest absolute Gasteiger partial charge is 0.136 e. The maximum atomic E-state index is 5.51.